The normalized spacial score (nSPS) is 26.2. The summed E-state index contributed by atoms with van der Waals surface area (Å²) in [7, 11) is 1.77. The standard InChI is InChI=1S/C9H19NO/c1-9-4-6-10(8-9)5-3-7-11-2/h9H,3-8H2,1-2H3/t9-/m0/s1. The zero-order chi connectivity index (χ0) is 8.10. The van der Waals surface area contributed by atoms with Gasteiger partial charge in [0, 0.05) is 26.8 Å². The number of hydrogen-bond acceptors (Lipinski definition) is 2. The molecule has 1 atom stereocenters. The van der Waals surface area contributed by atoms with Crippen molar-refractivity contribution in [3.63, 3.8) is 0 Å². The molecular weight excluding hydrogens is 138 g/mol. The molecule has 0 aromatic heterocycles. The van der Waals surface area contributed by atoms with Gasteiger partial charge in [0.1, 0.15) is 0 Å². The Bertz CT molecular complexity index is 106. The maximum Gasteiger partial charge on any atom is 0.0474 e. The van der Waals surface area contributed by atoms with Crippen LogP contribution in [0.15, 0.2) is 0 Å². The molecular formula is C9H19NO. The first-order chi connectivity index (χ1) is 5.33. The number of rotatable bonds is 4. The molecule has 2 heteroatoms. The molecule has 0 aliphatic carbocycles. The third kappa shape index (κ3) is 3.21. The minimum absolute atomic E-state index is 0.908. The second kappa shape index (κ2) is 4.73. The van der Waals surface area contributed by atoms with Crippen LogP contribution in [0.2, 0.25) is 0 Å². The van der Waals surface area contributed by atoms with Crippen LogP contribution < -0.4 is 0 Å². The Morgan fingerprint density at radius 2 is 2.36 bits per heavy atom. The molecule has 1 fully saturated rings. The van der Waals surface area contributed by atoms with Gasteiger partial charge in [-0.05, 0) is 25.3 Å². The summed E-state index contributed by atoms with van der Waals surface area (Å²) in [5.41, 5.74) is 0. The molecule has 66 valence electrons. The minimum Gasteiger partial charge on any atom is -0.385 e. The summed E-state index contributed by atoms with van der Waals surface area (Å²) in [5.74, 6) is 0.914. The Labute approximate surface area is 69.5 Å². The lowest BCUT2D eigenvalue weighted by molar-refractivity contribution is 0.178. The zero-order valence-electron chi connectivity index (χ0n) is 7.68. The quantitative estimate of drug-likeness (QED) is 0.571. The maximum absolute atomic E-state index is 5.00. The smallest absolute Gasteiger partial charge is 0.0474 e. The van der Waals surface area contributed by atoms with Crippen LogP contribution in [-0.4, -0.2) is 38.3 Å². The summed E-state index contributed by atoms with van der Waals surface area (Å²) in [6, 6.07) is 0. The van der Waals surface area contributed by atoms with Crippen molar-refractivity contribution >= 4 is 0 Å². The van der Waals surface area contributed by atoms with Crippen LogP contribution >= 0.6 is 0 Å². The number of nitrogens with zero attached hydrogens (tertiary/aromatic N) is 1. The second-order valence-corrected chi connectivity index (χ2v) is 3.54. The first kappa shape index (κ1) is 9.01. The first-order valence-electron chi connectivity index (χ1n) is 4.54. The third-order valence-corrected chi connectivity index (χ3v) is 2.33. The van der Waals surface area contributed by atoms with Crippen molar-refractivity contribution in [2.24, 2.45) is 5.92 Å². The molecule has 1 aliphatic heterocycles. The Kier molecular flexibility index (Phi) is 3.87. The highest BCUT2D eigenvalue weighted by Crippen LogP contribution is 2.14. The lowest BCUT2D eigenvalue weighted by Crippen LogP contribution is -2.22. The largest absolute Gasteiger partial charge is 0.385 e. The van der Waals surface area contributed by atoms with Gasteiger partial charge in [-0.1, -0.05) is 6.92 Å². The maximum atomic E-state index is 5.00. The molecule has 0 N–H and O–H groups in total. The van der Waals surface area contributed by atoms with Crippen LogP contribution in [0, 0.1) is 5.92 Å². The van der Waals surface area contributed by atoms with Crippen molar-refractivity contribution in [1.82, 2.24) is 4.90 Å². The summed E-state index contributed by atoms with van der Waals surface area (Å²) in [5, 5.41) is 0. The highest BCUT2D eigenvalue weighted by molar-refractivity contribution is 4.71. The molecule has 0 amide bonds. The van der Waals surface area contributed by atoms with Gasteiger partial charge in [-0.2, -0.15) is 0 Å². The molecule has 1 heterocycles. The molecule has 2 nitrogen and oxygen atoms in total. The van der Waals surface area contributed by atoms with E-state index < -0.39 is 0 Å². The second-order valence-electron chi connectivity index (χ2n) is 3.54. The highest BCUT2D eigenvalue weighted by Gasteiger charge is 2.17. The number of ether oxygens (including phenoxy) is 1. The van der Waals surface area contributed by atoms with E-state index in [2.05, 4.69) is 11.8 Å². The predicted octanol–water partition coefficient (Wildman–Crippen LogP) is 1.36. The molecule has 0 bridgehead atoms. The van der Waals surface area contributed by atoms with Crippen molar-refractivity contribution in [3.05, 3.63) is 0 Å². The van der Waals surface area contributed by atoms with Crippen LogP contribution in [0.1, 0.15) is 19.8 Å². The topological polar surface area (TPSA) is 12.5 Å². The van der Waals surface area contributed by atoms with Crippen LogP contribution in [0.25, 0.3) is 0 Å². The van der Waals surface area contributed by atoms with Gasteiger partial charge >= 0.3 is 0 Å². The van der Waals surface area contributed by atoms with E-state index in [1.807, 2.05) is 0 Å². The van der Waals surface area contributed by atoms with Gasteiger partial charge in [0.2, 0.25) is 0 Å². The fourth-order valence-corrected chi connectivity index (χ4v) is 1.66. The Morgan fingerprint density at radius 3 is 2.91 bits per heavy atom. The van der Waals surface area contributed by atoms with E-state index >= 15 is 0 Å². The summed E-state index contributed by atoms with van der Waals surface area (Å²) in [6.07, 6.45) is 2.57. The van der Waals surface area contributed by atoms with Gasteiger partial charge in [0.05, 0.1) is 0 Å². The Hall–Kier alpha value is -0.0800. The van der Waals surface area contributed by atoms with E-state index in [1.165, 1.54) is 32.5 Å². The number of hydrogen-bond donors (Lipinski definition) is 0. The highest BCUT2D eigenvalue weighted by atomic mass is 16.5. The van der Waals surface area contributed by atoms with E-state index in [-0.39, 0.29) is 0 Å². The van der Waals surface area contributed by atoms with Crippen molar-refractivity contribution in [3.8, 4) is 0 Å². The molecule has 0 aromatic carbocycles. The predicted molar refractivity (Wildman–Crippen MR) is 46.7 cm³/mol. The van der Waals surface area contributed by atoms with Gasteiger partial charge in [0.15, 0.2) is 0 Å². The monoisotopic (exact) mass is 157 g/mol. The summed E-state index contributed by atoms with van der Waals surface area (Å²) >= 11 is 0. The van der Waals surface area contributed by atoms with Crippen LogP contribution in [0.4, 0.5) is 0 Å². The number of likely N-dealkylation sites (tertiary alicyclic amines) is 1. The molecule has 0 aromatic rings. The SMILES string of the molecule is COCCCN1CC[C@H](C)C1. The van der Waals surface area contributed by atoms with E-state index in [0.717, 1.165) is 12.5 Å². The summed E-state index contributed by atoms with van der Waals surface area (Å²) in [4.78, 5) is 2.53. The van der Waals surface area contributed by atoms with E-state index in [9.17, 15) is 0 Å². The molecule has 0 spiro atoms. The van der Waals surface area contributed by atoms with Crippen molar-refractivity contribution in [2.45, 2.75) is 19.8 Å². The van der Waals surface area contributed by atoms with Gasteiger partial charge in [-0.15, -0.1) is 0 Å². The van der Waals surface area contributed by atoms with Gasteiger partial charge in [-0.25, -0.2) is 0 Å². The van der Waals surface area contributed by atoms with Crippen molar-refractivity contribution in [2.75, 3.05) is 33.4 Å². The Balaban J connectivity index is 1.99. The third-order valence-electron chi connectivity index (χ3n) is 2.33. The van der Waals surface area contributed by atoms with Crippen LogP contribution in [0.3, 0.4) is 0 Å². The first-order valence-corrected chi connectivity index (χ1v) is 4.54. The summed E-state index contributed by atoms with van der Waals surface area (Å²) in [6.45, 7) is 7.05. The fourth-order valence-electron chi connectivity index (χ4n) is 1.66. The molecule has 1 saturated heterocycles. The zero-order valence-corrected chi connectivity index (χ0v) is 7.68. The number of methoxy groups -OCH3 is 1. The van der Waals surface area contributed by atoms with E-state index in [4.69, 9.17) is 4.74 Å². The molecule has 11 heavy (non-hydrogen) atoms. The lowest BCUT2D eigenvalue weighted by atomic mass is 10.2. The van der Waals surface area contributed by atoms with Crippen molar-refractivity contribution < 1.29 is 4.74 Å². The van der Waals surface area contributed by atoms with Crippen LogP contribution in [-0.2, 0) is 4.74 Å². The molecule has 0 radical (unpaired) electrons. The fraction of sp³-hybridized carbons (Fsp3) is 1.00. The average molecular weight is 157 g/mol. The van der Waals surface area contributed by atoms with E-state index in [0.29, 0.717) is 0 Å². The lowest BCUT2D eigenvalue weighted by Gasteiger charge is -2.13. The minimum atomic E-state index is 0.908. The molecule has 1 aliphatic rings. The molecule has 0 saturated carbocycles. The van der Waals surface area contributed by atoms with Crippen molar-refractivity contribution in [1.29, 1.82) is 0 Å². The average Bonchev–Trinajstić information content (AvgIpc) is 2.37. The molecule has 1 rings (SSSR count). The summed E-state index contributed by atoms with van der Waals surface area (Å²) < 4.78 is 5.00. The Morgan fingerprint density at radius 1 is 1.55 bits per heavy atom. The van der Waals surface area contributed by atoms with Crippen LogP contribution in [0.5, 0.6) is 0 Å². The van der Waals surface area contributed by atoms with Gasteiger partial charge in [-0.3, -0.25) is 0 Å². The molecule has 0 unspecified atom stereocenters. The van der Waals surface area contributed by atoms with Gasteiger partial charge in [0.25, 0.3) is 0 Å². The van der Waals surface area contributed by atoms with Gasteiger partial charge < -0.3 is 9.64 Å². The van der Waals surface area contributed by atoms with E-state index in [1.54, 1.807) is 7.11 Å².